The molecule has 1 saturated heterocycles. The number of amides is 3. The minimum Gasteiger partial charge on any atom is -0.496 e. The van der Waals surface area contributed by atoms with Gasteiger partial charge in [-0.05, 0) is 76.6 Å². The first-order chi connectivity index (χ1) is 29.1. The third kappa shape index (κ3) is 11.9. The molecule has 1 fully saturated rings. The van der Waals surface area contributed by atoms with Crippen LogP contribution in [-0.2, 0) is 35.1 Å². The van der Waals surface area contributed by atoms with E-state index in [1.54, 1.807) is 61.7 Å². The van der Waals surface area contributed by atoms with E-state index in [0.717, 1.165) is 11.1 Å². The Hall–Kier alpha value is -4.90. The van der Waals surface area contributed by atoms with Crippen molar-refractivity contribution in [1.29, 1.82) is 0 Å². The van der Waals surface area contributed by atoms with Crippen LogP contribution in [0.3, 0.4) is 0 Å². The number of nitrogens with one attached hydrogen (secondary N) is 2. The average Bonchev–Trinajstić information content (AvgIpc) is 3.60. The minimum absolute atomic E-state index is 0.0934. The maximum Gasteiger partial charge on any atom is 0.407 e. The number of morpholine rings is 1. The molecule has 2 N–H and O–H groups in total. The van der Waals surface area contributed by atoms with E-state index in [9.17, 15) is 14.4 Å². The number of rotatable bonds is 17. The van der Waals surface area contributed by atoms with E-state index in [0.29, 0.717) is 109 Å². The summed E-state index contributed by atoms with van der Waals surface area (Å²) in [6, 6.07) is 16.3. The van der Waals surface area contributed by atoms with Crippen LogP contribution in [0.4, 0.5) is 10.5 Å². The van der Waals surface area contributed by atoms with Crippen LogP contribution in [0, 0.1) is 0 Å². The fraction of sp³-hybridized carbons (Fsp3) is 0.455. The van der Waals surface area contributed by atoms with Crippen molar-refractivity contribution in [3.8, 4) is 39.6 Å². The normalized spacial score (nSPS) is 14.4. The number of hydrogen-bond acceptors (Lipinski definition) is 11. The Morgan fingerprint density at radius 2 is 1.61 bits per heavy atom. The zero-order chi connectivity index (χ0) is 43.7. The molecule has 0 saturated carbocycles. The largest absolute Gasteiger partial charge is 0.496 e. The highest BCUT2D eigenvalue weighted by Gasteiger charge is 2.39. The average molecular weight is 883 g/mol. The number of hydrogen-bond donors (Lipinski definition) is 2. The number of fused-ring (bicyclic) bond motifs is 3. The molecule has 3 aromatic carbocycles. The lowest BCUT2D eigenvalue weighted by molar-refractivity contribution is -0.117. The van der Waals surface area contributed by atoms with Crippen LogP contribution >= 0.6 is 23.2 Å². The first-order valence-corrected chi connectivity index (χ1v) is 20.8. The number of methoxy groups -OCH3 is 1. The third-order valence-electron chi connectivity index (χ3n) is 9.69. The topological polar surface area (TPSA) is 161 Å². The van der Waals surface area contributed by atoms with Gasteiger partial charge in [0.2, 0.25) is 5.91 Å². The molecule has 61 heavy (non-hydrogen) atoms. The van der Waals surface area contributed by atoms with Crippen molar-refractivity contribution in [2.24, 2.45) is 0 Å². The fourth-order valence-electron chi connectivity index (χ4n) is 6.89. The number of anilines is 1. The Bertz CT molecular complexity index is 2190. The van der Waals surface area contributed by atoms with Gasteiger partial charge in [0, 0.05) is 51.6 Å². The number of carbonyl (C=O) groups excluding carboxylic acids is 3. The van der Waals surface area contributed by atoms with Gasteiger partial charge in [-0.15, -0.1) is 0 Å². The summed E-state index contributed by atoms with van der Waals surface area (Å²) in [7, 11) is 1.58. The zero-order valence-electron chi connectivity index (χ0n) is 35.4. The molecule has 15 nitrogen and oxygen atoms in total. The molecule has 0 aliphatic carbocycles. The molecule has 0 bridgehead atoms. The predicted octanol–water partition coefficient (Wildman–Crippen LogP) is 7.57. The van der Waals surface area contributed by atoms with Gasteiger partial charge in [0.05, 0.1) is 83.3 Å². The van der Waals surface area contributed by atoms with Crippen LogP contribution in [0.2, 0.25) is 10.0 Å². The third-order valence-corrected chi connectivity index (χ3v) is 10.1. The van der Waals surface area contributed by atoms with Crippen LogP contribution in [0.15, 0.2) is 54.6 Å². The number of benzene rings is 3. The quantitative estimate of drug-likeness (QED) is 0.101. The van der Waals surface area contributed by atoms with Crippen LogP contribution in [0.1, 0.15) is 57.1 Å². The second-order valence-electron chi connectivity index (χ2n) is 16.0. The Labute approximate surface area is 365 Å². The summed E-state index contributed by atoms with van der Waals surface area (Å²) in [5.41, 5.74) is 3.77. The number of alkyl carbamates (subject to hydrolysis) is 1. The maximum atomic E-state index is 14.3. The van der Waals surface area contributed by atoms with E-state index >= 15 is 0 Å². The molecule has 3 heterocycles. The van der Waals surface area contributed by atoms with E-state index in [1.165, 1.54) is 0 Å². The number of nitrogens with zero attached hydrogens (tertiary/aromatic N) is 3. The molecule has 0 radical (unpaired) electrons. The number of ether oxygens (including phenoxy) is 7. The predicted molar refractivity (Wildman–Crippen MR) is 231 cm³/mol. The summed E-state index contributed by atoms with van der Waals surface area (Å²) >= 11 is 13.0. The van der Waals surface area contributed by atoms with Crippen molar-refractivity contribution < 1.29 is 47.5 Å². The van der Waals surface area contributed by atoms with Crippen molar-refractivity contribution in [3.63, 3.8) is 0 Å². The summed E-state index contributed by atoms with van der Waals surface area (Å²) in [6.07, 6.45) is -0.347. The summed E-state index contributed by atoms with van der Waals surface area (Å²) in [6.45, 7) is 12.9. The number of halogens is 2. The molecule has 0 unspecified atom stereocenters. The lowest BCUT2D eigenvalue weighted by Gasteiger charge is -2.41. The van der Waals surface area contributed by atoms with Gasteiger partial charge in [-0.25, -0.2) is 9.48 Å². The van der Waals surface area contributed by atoms with Gasteiger partial charge in [-0.3, -0.25) is 9.59 Å². The Morgan fingerprint density at radius 3 is 2.30 bits per heavy atom. The van der Waals surface area contributed by atoms with Gasteiger partial charge >= 0.3 is 6.09 Å². The SMILES string of the molecule is COc1cc2c(cc1-c1cccc(NC(=O)CCOCCOCCOCCNC(=O)OC(C)(C)C)c1)-c1c(c(C(=O)N3CCOCC3(C)C)nn1-c1cc(Cl)cc(Cl)c1)CO2. The smallest absolute Gasteiger partial charge is 0.407 e. The molecular formula is C44H53Cl2N5O10. The van der Waals surface area contributed by atoms with E-state index in [4.69, 9.17) is 61.5 Å². The van der Waals surface area contributed by atoms with Crippen molar-refractivity contribution in [2.45, 2.75) is 58.8 Å². The van der Waals surface area contributed by atoms with Crippen LogP contribution < -0.4 is 20.1 Å². The molecule has 4 aromatic rings. The first kappa shape index (κ1) is 45.6. The molecular weight excluding hydrogens is 829 g/mol. The van der Waals surface area contributed by atoms with Crippen molar-refractivity contribution in [3.05, 3.63) is 75.9 Å². The Kier molecular flexibility index (Phi) is 15.2. The second kappa shape index (κ2) is 20.3. The molecule has 0 spiro atoms. The summed E-state index contributed by atoms with van der Waals surface area (Å²) in [4.78, 5) is 40.7. The maximum absolute atomic E-state index is 14.3. The van der Waals surface area contributed by atoms with Crippen LogP contribution in [0.5, 0.6) is 11.5 Å². The summed E-state index contributed by atoms with van der Waals surface area (Å²) in [5.74, 6) is 0.642. The highest BCUT2D eigenvalue weighted by Crippen LogP contribution is 2.47. The molecule has 2 aliphatic heterocycles. The van der Waals surface area contributed by atoms with Crippen LogP contribution in [-0.4, -0.2) is 117 Å². The molecule has 328 valence electrons. The molecule has 2 aliphatic rings. The molecule has 17 heteroatoms. The highest BCUT2D eigenvalue weighted by molar-refractivity contribution is 6.34. The van der Waals surface area contributed by atoms with Crippen LogP contribution in [0.25, 0.3) is 28.1 Å². The molecule has 0 atom stereocenters. The van der Waals surface area contributed by atoms with Crippen molar-refractivity contribution in [1.82, 2.24) is 20.0 Å². The molecule has 3 amide bonds. The lowest BCUT2D eigenvalue weighted by atomic mass is 9.95. The summed E-state index contributed by atoms with van der Waals surface area (Å²) < 4.78 is 41.3. The van der Waals surface area contributed by atoms with Gasteiger partial charge in [0.15, 0.2) is 5.69 Å². The Morgan fingerprint density at radius 1 is 0.902 bits per heavy atom. The minimum atomic E-state index is -0.553. The lowest BCUT2D eigenvalue weighted by Crippen LogP contribution is -2.55. The van der Waals surface area contributed by atoms with E-state index in [-0.39, 0.29) is 37.1 Å². The molecule has 6 rings (SSSR count). The second-order valence-corrected chi connectivity index (χ2v) is 16.9. The van der Waals surface area contributed by atoms with Gasteiger partial charge in [-0.2, -0.15) is 5.10 Å². The van der Waals surface area contributed by atoms with Gasteiger partial charge < -0.3 is 48.7 Å². The Balaban J connectivity index is 1.10. The zero-order valence-corrected chi connectivity index (χ0v) is 36.9. The number of aromatic nitrogens is 2. The van der Waals surface area contributed by atoms with E-state index in [1.807, 2.05) is 44.2 Å². The van der Waals surface area contributed by atoms with E-state index < -0.39 is 17.2 Å². The molecule has 1 aromatic heterocycles. The fourth-order valence-corrected chi connectivity index (χ4v) is 7.41. The standard InChI is InChI=1S/C44H53Cl2N5O10/c1-43(2,3)61-42(54)47-11-14-57-17-19-58-18-16-56-13-10-38(52)48-31-9-7-8-28(20-31)33-24-34-37(25-36(33)55-6)60-26-35-39(41(53)50-12-15-59-27-44(50,4)5)49-51(40(34)35)32-22-29(45)21-30(46)23-32/h7-9,20-25H,10-19,26-27H2,1-6H3,(H,47,54)(H,48,52). The van der Waals surface area contributed by atoms with Gasteiger partial charge in [0.25, 0.3) is 5.91 Å². The van der Waals surface area contributed by atoms with Gasteiger partial charge in [0.1, 0.15) is 23.7 Å². The van der Waals surface area contributed by atoms with Crippen molar-refractivity contribution >= 4 is 46.8 Å². The van der Waals surface area contributed by atoms with Gasteiger partial charge in [-0.1, -0.05) is 35.3 Å². The highest BCUT2D eigenvalue weighted by atomic mass is 35.5. The number of carbonyl (C=O) groups is 3. The first-order valence-electron chi connectivity index (χ1n) is 20.1. The van der Waals surface area contributed by atoms with E-state index in [2.05, 4.69) is 10.6 Å². The monoisotopic (exact) mass is 881 g/mol. The summed E-state index contributed by atoms with van der Waals surface area (Å²) in [5, 5.41) is 11.3. The van der Waals surface area contributed by atoms with Crippen molar-refractivity contribution in [2.75, 3.05) is 78.4 Å².